The molecule has 0 radical (unpaired) electrons. The summed E-state index contributed by atoms with van der Waals surface area (Å²) < 4.78 is 0. The predicted molar refractivity (Wildman–Crippen MR) is 135 cm³/mol. The van der Waals surface area contributed by atoms with Gasteiger partial charge >= 0.3 is 0 Å². The van der Waals surface area contributed by atoms with E-state index in [0.717, 1.165) is 16.8 Å². The molecule has 0 saturated heterocycles. The zero-order chi connectivity index (χ0) is 24.4. The number of alkyl halides is 1. The van der Waals surface area contributed by atoms with Crippen LogP contribution in [0.2, 0.25) is 0 Å². The van der Waals surface area contributed by atoms with Crippen LogP contribution in [0.3, 0.4) is 0 Å². The van der Waals surface area contributed by atoms with E-state index in [9.17, 15) is 14.4 Å². The van der Waals surface area contributed by atoms with Crippen molar-refractivity contribution < 1.29 is 14.4 Å². The number of nitrogens with one attached hydrogen (secondary N) is 4. The molecule has 34 heavy (non-hydrogen) atoms. The zero-order valence-electron chi connectivity index (χ0n) is 19.1. The van der Waals surface area contributed by atoms with Crippen LogP contribution in [0.15, 0.2) is 48.5 Å². The predicted octanol–water partition coefficient (Wildman–Crippen LogP) is 4.79. The molecule has 2 aromatic carbocycles. The van der Waals surface area contributed by atoms with Crippen molar-refractivity contribution in [3.05, 3.63) is 82.2 Å². The van der Waals surface area contributed by atoms with Crippen LogP contribution >= 0.6 is 11.6 Å². The van der Waals surface area contributed by atoms with Crippen LogP contribution in [-0.4, -0.2) is 28.6 Å². The number of aryl methyl sites for hydroxylation is 1. The first kappa shape index (κ1) is 23.3. The lowest BCUT2D eigenvalue weighted by Crippen LogP contribution is -2.26. The Hall–Kier alpha value is -3.84. The fourth-order valence-corrected chi connectivity index (χ4v) is 4.07. The van der Waals surface area contributed by atoms with E-state index >= 15 is 0 Å². The van der Waals surface area contributed by atoms with E-state index in [1.165, 1.54) is 0 Å². The molecule has 4 N–H and O–H groups in total. The summed E-state index contributed by atoms with van der Waals surface area (Å²) in [6.45, 7) is 5.61. The Kier molecular flexibility index (Phi) is 6.56. The number of anilines is 2. The zero-order valence-corrected chi connectivity index (χ0v) is 19.8. The largest absolute Gasteiger partial charge is 0.357 e. The van der Waals surface area contributed by atoms with Gasteiger partial charge < -0.3 is 20.9 Å². The highest BCUT2D eigenvalue weighted by Crippen LogP contribution is 2.35. The van der Waals surface area contributed by atoms with Crippen molar-refractivity contribution in [1.29, 1.82) is 0 Å². The number of amides is 3. The number of H-pyrrole nitrogens is 1. The van der Waals surface area contributed by atoms with Gasteiger partial charge in [0.25, 0.3) is 11.8 Å². The fraction of sp³-hybridized carbons (Fsp3) is 0.192. The molecule has 8 heteroatoms. The molecule has 7 nitrogen and oxygen atoms in total. The molecule has 3 aromatic rings. The summed E-state index contributed by atoms with van der Waals surface area (Å²) in [4.78, 5) is 40.6. The van der Waals surface area contributed by atoms with Crippen LogP contribution in [0.5, 0.6) is 0 Å². The summed E-state index contributed by atoms with van der Waals surface area (Å²) in [5.41, 5.74) is 6.04. The molecule has 4 rings (SSSR count). The van der Waals surface area contributed by atoms with Crippen molar-refractivity contribution in [1.82, 2.24) is 10.3 Å². The van der Waals surface area contributed by atoms with Gasteiger partial charge in [0.1, 0.15) is 5.88 Å². The number of halogens is 1. The number of hydrogen-bond donors (Lipinski definition) is 4. The second kappa shape index (κ2) is 9.57. The normalized spacial score (nSPS) is 14.5. The third-order valence-corrected chi connectivity index (χ3v) is 6.11. The molecule has 0 aliphatic carbocycles. The molecule has 2 heterocycles. The summed E-state index contributed by atoms with van der Waals surface area (Å²) in [6.07, 6.45) is 1.73. The number of hydrogen-bond acceptors (Lipinski definition) is 3. The molecule has 3 amide bonds. The first-order valence-corrected chi connectivity index (χ1v) is 11.4. The third-order valence-electron chi connectivity index (χ3n) is 5.86. The van der Waals surface area contributed by atoms with E-state index in [4.69, 9.17) is 11.6 Å². The molecule has 1 atom stereocenters. The summed E-state index contributed by atoms with van der Waals surface area (Å²) in [7, 11) is 0. The van der Waals surface area contributed by atoms with Gasteiger partial charge in [0.2, 0.25) is 5.91 Å². The van der Waals surface area contributed by atoms with Gasteiger partial charge in [-0.25, -0.2) is 0 Å². The van der Waals surface area contributed by atoms with E-state index < -0.39 is 0 Å². The van der Waals surface area contributed by atoms with Crippen molar-refractivity contribution in [2.45, 2.75) is 26.8 Å². The van der Waals surface area contributed by atoms with Gasteiger partial charge in [-0.2, -0.15) is 0 Å². The van der Waals surface area contributed by atoms with Crippen LogP contribution in [0.4, 0.5) is 11.4 Å². The molecule has 0 bridgehead atoms. The monoisotopic (exact) mass is 476 g/mol. The third kappa shape index (κ3) is 4.61. The maximum absolute atomic E-state index is 12.9. The second-order valence-electron chi connectivity index (χ2n) is 8.22. The fourth-order valence-electron chi connectivity index (χ4n) is 4.00. The van der Waals surface area contributed by atoms with Gasteiger partial charge in [-0.05, 0) is 56.2 Å². The Morgan fingerprint density at radius 3 is 2.56 bits per heavy atom. The average Bonchev–Trinajstić information content (AvgIpc) is 3.29. The van der Waals surface area contributed by atoms with Crippen molar-refractivity contribution in [2.24, 2.45) is 0 Å². The lowest BCUT2D eigenvalue weighted by molar-refractivity contribution is -0.114. The molecule has 1 aliphatic heterocycles. The Balaban J connectivity index is 1.63. The molecular formula is C26H25ClN4O3. The summed E-state index contributed by atoms with van der Waals surface area (Å²) >= 11 is 5.61. The number of benzene rings is 2. The van der Waals surface area contributed by atoms with E-state index in [1.54, 1.807) is 24.3 Å². The number of carbonyl (C=O) groups excluding carboxylic acids is 3. The molecule has 174 valence electrons. The summed E-state index contributed by atoms with van der Waals surface area (Å²) in [5.74, 6) is -0.946. The van der Waals surface area contributed by atoms with Crippen molar-refractivity contribution >= 4 is 52.3 Å². The maximum Gasteiger partial charge on any atom is 0.256 e. The van der Waals surface area contributed by atoms with Gasteiger partial charge in [-0.1, -0.05) is 30.3 Å². The van der Waals surface area contributed by atoms with E-state index in [1.807, 2.05) is 51.1 Å². The molecule has 0 spiro atoms. The highest BCUT2D eigenvalue weighted by atomic mass is 35.5. The van der Waals surface area contributed by atoms with Crippen LogP contribution in [0, 0.1) is 13.8 Å². The van der Waals surface area contributed by atoms with Crippen molar-refractivity contribution in [3.63, 3.8) is 0 Å². The Morgan fingerprint density at radius 1 is 1.12 bits per heavy atom. The van der Waals surface area contributed by atoms with Gasteiger partial charge in [0, 0.05) is 28.2 Å². The van der Waals surface area contributed by atoms with Gasteiger partial charge in [0.05, 0.1) is 17.3 Å². The number of rotatable bonds is 6. The van der Waals surface area contributed by atoms with E-state index in [0.29, 0.717) is 33.8 Å². The first-order chi connectivity index (χ1) is 16.3. The van der Waals surface area contributed by atoms with Gasteiger partial charge in [-0.15, -0.1) is 11.6 Å². The standard InChI is InChI=1S/C26H25ClN4O3/c1-14-22(28-16(3)24(14)31-23(32)13-27)12-20-19-11-18(9-10-21(19)30-26(20)34)25(33)29-15(2)17-7-5-4-6-8-17/h4-12,15,28H,13H2,1-3H3,(H,29,33)(H,30,34)(H,31,32). The quantitative estimate of drug-likeness (QED) is 0.303. The molecule has 1 aliphatic rings. The maximum atomic E-state index is 12.9. The minimum Gasteiger partial charge on any atom is -0.357 e. The van der Waals surface area contributed by atoms with E-state index in [2.05, 4.69) is 20.9 Å². The summed E-state index contributed by atoms with van der Waals surface area (Å²) in [6, 6.07) is 14.7. The lowest BCUT2D eigenvalue weighted by atomic mass is 10.0. The topological polar surface area (TPSA) is 103 Å². The van der Waals surface area contributed by atoms with Gasteiger partial charge in [-0.3, -0.25) is 14.4 Å². The highest BCUT2D eigenvalue weighted by Gasteiger charge is 2.26. The number of aromatic nitrogens is 1. The van der Waals surface area contributed by atoms with E-state index in [-0.39, 0.29) is 29.6 Å². The number of aromatic amines is 1. The molecule has 1 aromatic heterocycles. The van der Waals surface area contributed by atoms with Crippen LogP contribution in [0.25, 0.3) is 11.6 Å². The Labute approximate surface area is 202 Å². The molecule has 0 saturated carbocycles. The Morgan fingerprint density at radius 2 is 1.85 bits per heavy atom. The van der Waals surface area contributed by atoms with Crippen LogP contribution < -0.4 is 16.0 Å². The molecular weight excluding hydrogens is 452 g/mol. The second-order valence-corrected chi connectivity index (χ2v) is 8.49. The molecule has 0 fully saturated rings. The number of fused-ring (bicyclic) bond motifs is 1. The van der Waals surface area contributed by atoms with Crippen molar-refractivity contribution in [3.8, 4) is 0 Å². The van der Waals surface area contributed by atoms with Crippen LogP contribution in [-0.2, 0) is 9.59 Å². The van der Waals surface area contributed by atoms with Crippen molar-refractivity contribution in [2.75, 3.05) is 16.5 Å². The molecule has 1 unspecified atom stereocenters. The smallest absolute Gasteiger partial charge is 0.256 e. The SMILES string of the molecule is Cc1[nH]c(C=C2C(=O)Nc3ccc(C(=O)NC(C)c4ccccc4)cc32)c(C)c1NC(=O)CCl. The highest BCUT2D eigenvalue weighted by molar-refractivity contribution is 6.35. The van der Waals surface area contributed by atoms with Gasteiger partial charge in [0.15, 0.2) is 0 Å². The minimum absolute atomic E-state index is 0.149. The average molecular weight is 477 g/mol. The number of carbonyl (C=O) groups is 3. The van der Waals surface area contributed by atoms with Crippen LogP contribution in [0.1, 0.15) is 51.4 Å². The minimum atomic E-state index is -0.310. The summed E-state index contributed by atoms with van der Waals surface area (Å²) in [5, 5.41) is 8.62. The Bertz CT molecular complexity index is 1310. The lowest BCUT2D eigenvalue weighted by Gasteiger charge is -2.14. The first-order valence-electron chi connectivity index (χ1n) is 10.9.